The van der Waals surface area contributed by atoms with Crippen molar-refractivity contribution in [2.75, 3.05) is 21.5 Å². The molecule has 0 spiro atoms. The first kappa shape index (κ1) is 56.8. The molecule has 25 heteroatoms. The van der Waals surface area contributed by atoms with Gasteiger partial charge < -0.3 is 0 Å². The van der Waals surface area contributed by atoms with E-state index in [2.05, 4.69) is 36.5 Å². The number of halogens is 6. The Balaban J connectivity index is 0.000000222. The van der Waals surface area contributed by atoms with E-state index in [9.17, 15) is 42.8 Å². The smallest absolute Gasteiger partial charge is 0.267 e. The number of sulfone groups is 1. The summed E-state index contributed by atoms with van der Waals surface area (Å²) >= 11 is 2.57. The fraction of sp³-hybridized carbons (Fsp3) is 0.216. The van der Waals surface area contributed by atoms with Crippen LogP contribution in [0, 0.1) is 34.9 Å². The topological polar surface area (TPSA) is 204 Å². The summed E-state index contributed by atoms with van der Waals surface area (Å²) < 4.78 is 167. The molecule has 0 aliphatic rings. The molecule has 0 aliphatic carbocycles. The summed E-state index contributed by atoms with van der Waals surface area (Å²) in [6.07, 6.45) is 5.67. The molecule has 0 saturated heterocycles. The minimum atomic E-state index is -4.83. The quantitative estimate of drug-likeness (QED) is 0.0977. The lowest BCUT2D eigenvalue weighted by Crippen LogP contribution is -2.17. The molecule has 0 saturated carbocycles. The van der Waals surface area contributed by atoms with Gasteiger partial charge in [0.15, 0.2) is 27.2 Å². The maximum atomic E-state index is 15.9. The number of hydrogen-bond acceptors (Lipinski definition) is 14. The van der Waals surface area contributed by atoms with Crippen molar-refractivity contribution in [3.63, 3.8) is 0 Å². The van der Waals surface area contributed by atoms with Gasteiger partial charge in [0.05, 0.1) is 59.7 Å². The molecular weight excluding hydrogens is 1090 g/mol. The van der Waals surface area contributed by atoms with Crippen molar-refractivity contribution >= 4 is 70.0 Å². The molecule has 76 heavy (non-hydrogen) atoms. The fourth-order valence-corrected chi connectivity index (χ4v) is 12.1. The highest BCUT2D eigenvalue weighted by Gasteiger charge is 2.31. The van der Waals surface area contributed by atoms with Crippen LogP contribution in [0.5, 0.6) is 0 Å². The Labute approximate surface area is 443 Å². The van der Waals surface area contributed by atoms with Crippen molar-refractivity contribution in [3.8, 4) is 43.7 Å². The Morgan fingerprint density at radius 1 is 0.553 bits per heavy atom. The molecule has 0 unspecified atom stereocenters. The van der Waals surface area contributed by atoms with Crippen molar-refractivity contribution in [1.29, 1.82) is 0 Å². The van der Waals surface area contributed by atoms with Crippen LogP contribution in [0.4, 0.5) is 37.7 Å². The first-order valence-corrected chi connectivity index (χ1v) is 29.1. The number of nitrogens with one attached hydrogen (secondary N) is 2. The van der Waals surface area contributed by atoms with Crippen LogP contribution >= 0.6 is 22.7 Å². The largest absolute Gasteiger partial charge is 0.276 e. The highest BCUT2D eigenvalue weighted by Crippen LogP contribution is 2.44. The van der Waals surface area contributed by atoms with Crippen LogP contribution in [0.1, 0.15) is 63.2 Å². The Kier molecular flexibility index (Phi) is 16.4. The maximum Gasteiger partial charge on any atom is 0.267 e. The molecule has 0 amide bonds. The van der Waals surface area contributed by atoms with Gasteiger partial charge in [0, 0.05) is 47.0 Å². The number of thiazole rings is 2. The van der Waals surface area contributed by atoms with E-state index in [-0.39, 0.29) is 45.9 Å². The van der Waals surface area contributed by atoms with E-state index in [1.165, 1.54) is 59.2 Å². The van der Waals surface area contributed by atoms with Gasteiger partial charge in [-0.15, -0.1) is 22.7 Å². The molecular formula is C51H46F6N8O6S5. The molecule has 0 atom stereocenters. The monoisotopic (exact) mass is 1140 g/mol. The molecule has 0 fully saturated rings. The molecule has 0 aliphatic heterocycles. The molecule has 0 radical (unpaired) electrons. The Hall–Kier alpha value is -6.93. The summed E-state index contributed by atoms with van der Waals surface area (Å²) in [7, 11) is -12.9. The van der Waals surface area contributed by atoms with Crippen LogP contribution in [-0.4, -0.2) is 67.2 Å². The van der Waals surface area contributed by atoms with E-state index >= 15 is 8.78 Å². The van der Waals surface area contributed by atoms with Crippen LogP contribution in [0.2, 0.25) is 0 Å². The van der Waals surface area contributed by atoms with E-state index in [1.54, 1.807) is 18.3 Å². The van der Waals surface area contributed by atoms with E-state index in [1.807, 2.05) is 51.0 Å². The predicted molar refractivity (Wildman–Crippen MR) is 282 cm³/mol. The number of benzene rings is 4. The summed E-state index contributed by atoms with van der Waals surface area (Å²) in [6.45, 7) is 15.3. The van der Waals surface area contributed by atoms with Crippen LogP contribution in [-0.2, 0) is 47.1 Å². The molecule has 4 heterocycles. The third kappa shape index (κ3) is 12.8. The van der Waals surface area contributed by atoms with Crippen LogP contribution in [0.15, 0.2) is 114 Å². The summed E-state index contributed by atoms with van der Waals surface area (Å²) in [5, 5.41) is 1.33. The fourth-order valence-electron chi connectivity index (χ4n) is 6.97. The molecule has 4 aromatic carbocycles. The first-order valence-electron chi connectivity index (χ1n) is 22.5. The van der Waals surface area contributed by atoms with Crippen molar-refractivity contribution in [2.45, 2.75) is 68.6 Å². The van der Waals surface area contributed by atoms with Gasteiger partial charge in [0.25, 0.3) is 20.0 Å². The van der Waals surface area contributed by atoms with Crippen LogP contribution < -0.4 is 9.44 Å². The van der Waals surface area contributed by atoms with Crippen LogP contribution in [0.25, 0.3) is 49.7 Å². The van der Waals surface area contributed by atoms with E-state index in [0.717, 1.165) is 54.8 Å². The minimum Gasteiger partial charge on any atom is -0.276 e. The van der Waals surface area contributed by atoms with Gasteiger partial charge >= 0.3 is 0 Å². The lowest BCUT2D eigenvalue weighted by Gasteiger charge is -2.14. The average molecular weight is 1140 g/mol. The van der Waals surface area contributed by atoms with Crippen molar-refractivity contribution in [2.24, 2.45) is 0 Å². The lowest BCUT2D eigenvalue weighted by molar-refractivity contribution is 0.519. The second-order valence-electron chi connectivity index (χ2n) is 18.8. The van der Waals surface area contributed by atoms with E-state index < -0.39 is 91.4 Å². The SMILES string of the molecule is C=Cc1nccc(-c2sc(C(C)(C)C)nc2-c2cccc(NS(=O)(=O)c3c(F)cccc3F)c2F)n1.CC(C)(C)c1nc(-c2cccc(NS(=O)(=O)c3c(F)cccc3F)c2F)c(-c2ccnc(CCS(C)(=O)=O)n2)s1. The highest BCUT2D eigenvalue weighted by atomic mass is 32.2. The first-order chi connectivity index (χ1) is 35.5. The zero-order chi connectivity index (χ0) is 55.7. The lowest BCUT2D eigenvalue weighted by atomic mass is 9.98. The maximum absolute atomic E-state index is 15.9. The standard InChI is InChI=1S/C26H25F3N4O4S3.C25H21F3N4O2S2/c1-26(2,3)25-32-22(23(38-25)19-11-13-30-20(31-19)12-14-39(4,34)35)15-7-5-10-18(21(15)29)33-40(36,37)24-16(27)8-6-9-17(24)28;1-5-19-29-13-12-18(30-19)22-21(31-24(35-22)25(2,3)4)14-8-6-11-17(20(14)28)32-36(33,34)23-15(26)9-7-10-16(23)27/h5-11,13,33H,12,14H2,1-4H3;5-13,32H,1H2,2-4H3. The number of rotatable bonds is 14. The van der Waals surface area contributed by atoms with Gasteiger partial charge in [-0.2, -0.15) is 0 Å². The molecule has 0 bridgehead atoms. The van der Waals surface area contributed by atoms with Gasteiger partial charge in [-0.3, -0.25) is 9.44 Å². The number of nitrogens with zero attached hydrogens (tertiary/aromatic N) is 6. The third-order valence-electron chi connectivity index (χ3n) is 10.6. The molecule has 14 nitrogen and oxygen atoms in total. The normalized spacial score (nSPS) is 12.2. The Bertz CT molecular complexity index is 3840. The number of hydrogen-bond donors (Lipinski definition) is 2. The Morgan fingerprint density at radius 3 is 1.34 bits per heavy atom. The van der Waals surface area contributed by atoms with Gasteiger partial charge in [0.2, 0.25) is 0 Å². The van der Waals surface area contributed by atoms with Gasteiger partial charge in [-0.05, 0) is 66.7 Å². The number of anilines is 2. The zero-order valence-corrected chi connectivity index (χ0v) is 45.5. The van der Waals surface area contributed by atoms with Crippen molar-refractivity contribution < 1.29 is 51.6 Å². The van der Waals surface area contributed by atoms with Crippen molar-refractivity contribution in [3.05, 3.63) is 160 Å². The van der Waals surface area contributed by atoms with Crippen molar-refractivity contribution in [1.82, 2.24) is 29.9 Å². The van der Waals surface area contributed by atoms with Crippen LogP contribution in [0.3, 0.4) is 0 Å². The van der Waals surface area contributed by atoms with Gasteiger partial charge in [0.1, 0.15) is 38.9 Å². The highest BCUT2D eigenvalue weighted by molar-refractivity contribution is 7.93. The molecule has 398 valence electrons. The molecule has 8 rings (SSSR count). The van der Waals surface area contributed by atoms with E-state index in [4.69, 9.17) is 0 Å². The van der Waals surface area contributed by atoms with Gasteiger partial charge in [-0.1, -0.05) is 72.4 Å². The summed E-state index contributed by atoms with van der Waals surface area (Å²) in [6, 6.07) is 16.4. The minimum absolute atomic E-state index is 0.00952. The number of aryl methyl sites for hydroxylation is 1. The number of aromatic nitrogens is 6. The number of sulfonamides is 2. The summed E-state index contributed by atoms with van der Waals surface area (Å²) in [5.41, 5.74) is -0.647. The average Bonchev–Trinajstić information content (AvgIpc) is 3.99. The molecule has 8 aromatic rings. The van der Waals surface area contributed by atoms with Gasteiger partial charge in [-0.25, -0.2) is 81.5 Å². The second-order valence-corrected chi connectivity index (χ2v) is 26.3. The molecule has 2 N–H and O–H groups in total. The predicted octanol–water partition coefficient (Wildman–Crippen LogP) is 11.8. The third-order valence-corrected chi connectivity index (χ3v) is 17.4. The van der Waals surface area contributed by atoms with E-state index in [0.29, 0.717) is 37.0 Å². The molecule has 4 aromatic heterocycles. The summed E-state index contributed by atoms with van der Waals surface area (Å²) in [5.74, 6) is -6.71. The second kappa shape index (κ2) is 22.0. The Morgan fingerprint density at radius 2 is 0.947 bits per heavy atom. The zero-order valence-electron chi connectivity index (χ0n) is 41.4. The summed E-state index contributed by atoms with van der Waals surface area (Å²) in [4.78, 5) is 25.0.